The molecule has 27 heavy (non-hydrogen) atoms. The molecule has 0 spiro atoms. The van der Waals surface area contributed by atoms with Crippen molar-refractivity contribution in [3.63, 3.8) is 0 Å². The summed E-state index contributed by atoms with van der Waals surface area (Å²) in [7, 11) is 0. The first-order valence-corrected chi connectivity index (χ1v) is 8.70. The number of hydrogen-bond acceptors (Lipinski definition) is 3. The minimum atomic E-state index is -1.64. The molecule has 7 heteroatoms. The van der Waals surface area contributed by atoms with Crippen LogP contribution in [0.1, 0.15) is 27.1 Å². The van der Waals surface area contributed by atoms with Gasteiger partial charge in [-0.25, -0.2) is 13.2 Å². The van der Waals surface area contributed by atoms with E-state index in [2.05, 4.69) is 0 Å². The van der Waals surface area contributed by atoms with Gasteiger partial charge >= 0.3 is 0 Å². The molecular weight excluding hydrogens is 357 g/mol. The molecule has 0 N–H and O–H groups in total. The molecule has 1 amide bonds. The van der Waals surface area contributed by atoms with Crippen LogP contribution in [0.2, 0.25) is 0 Å². The van der Waals surface area contributed by atoms with Gasteiger partial charge in [0.2, 0.25) is 0 Å². The molecule has 0 atom stereocenters. The Kier molecular flexibility index (Phi) is 5.91. The molecule has 1 heterocycles. The first-order valence-electron chi connectivity index (χ1n) is 8.70. The SMILES string of the molecule is O=C(CCN1CCN(C(=O)c2ccc(F)c(F)c2F)CC1)c1ccccc1. The molecule has 0 saturated carbocycles. The standard InChI is InChI=1S/C20H19F3N2O2/c21-16-7-6-15(18(22)19(16)23)20(27)25-12-10-24(11-13-25)9-8-17(26)14-4-2-1-3-5-14/h1-7H,8-13H2. The molecule has 0 radical (unpaired) electrons. The summed E-state index contributed by atoms with van der Waals surface area (Å²) in [6.45, 7) is 2.28. The average molecular weight is 376 g/mol. The lowest BCUT2D eigenvalue weighted by Gasteiger charge is -2.34. The topological polar surface area (TPSA) is 40.6 Å². The van der Waals surface area contributed by atoms with Crippen molar-refractivity contribution in [2.75, 3.05) is 32.7 Å². The molecule has 4 nitrogen and oxygen atoms in total. The van der Waals surface area contributed by atoms with E-state index in [-0.39, 0.29) is 5.78 Å². The highest BCUT2D eigenvalue weighted by Crippen LogP contribution is 2.18. The smallest absolute Gasteiger partial charge is 0.257 e. The summed E-state index contributed by atoms with van der Waals surface area (Å²) in [5.74, 6) is -5.03. The van der Waals surface area contributed by atoms with Crippen LogP contribution in [-0.2, 0) is 0 Å². The van der Waals surface area contributed by atoms with Crippen molar-refractivity contribution in [3.05, 3.63) is 71.0 Å². The van der Waals surface area contributed by atoms with Crippen LogP contribution in [0.4, 0.5) is 13.2 Å². The fourth-order valence-electron chi connectivity index (χ4n) is 3.06. The molecule has 1 fully saturated rings. The van der Waals surface area contributed by atoms with Crippen molar-refractivity contribution >= 4 is 11.7 Å². The average Bonchev–Trinajstić information content (AvgIpc) is 2.71. The van der Waals surface area contributed by atoms with Gasteiger partial charge in [0, 0.05) is 44.7 Å². The number of benzene rings is 2. The van der Waals surface area contributed by atoms with Crippen molar-refractivity contribution < 1.29 is 22.8 Å². The predicted molar refractivity (Wildman–Crippen MR) is 94.0 cm³/mol. The predicted octanol–water partition coefficient (Wildman–Crippen LogP) is 3.13. The Hall–Kier alpha value is -2.67. The Balaban J connectivity index is 1.52. The first-order chi connectivity index (χ1) is 13.0. The van der Waals surface area contributed by atoms with Crippen molar-refractivity contribution in [1.82, 2.24) is 9.80 Å². The second-order valence-corrected chi connectivity index (χ2v) is 6.40. The number of rotatable bonds is 5. The molecule has 1 saturated heterocycles. The molecule has 0 bridgehead atoms. The molecular formula is C20H19F3N2O2. The van der Waals surface area contributed by atoms with Gasteiger partial charge in [-0.3, -0.25) is 14.5 Å². The van der Waals surface area contributed by atoms with Crippen LogP contribution in [0.5, 0.6) is 0 Å². The van der Waals surface area contributed by atoms with Crippen molar-refractivity contribution in [2.45, 2.75) is 6.42 Å². The number of hydrogen-bond donors (Lipinski definition) is 0. The van der Waals surface area contributed by atoms with Crippen LogP contribution < -0.4 is 0 Å². The van der Waals surface area contributed by atoms with Crippen LogP contribution in [0.3, 0.4) is 0 Å². The summed E-state index contributed by atoms with van der Waals surface area (Å²) in [6, 6.07) is 10.7. The number of amides is 1. The number of ketones is 1. The zero-order valence-electron chi connectivity index (χ0n) is 14.6. The minimum absolute atomic E-state index is 0.0537. The van der Waals surface area contributed by atoms with E-state index in [1.54, 1.807) is 12.1 Å². The van der Waals surface area contributed by atoms with Crippen molar-refractivity contribution in [3.8, 4) is 0 Å². The third-order valence-corrected chi connectivity index (χ3v) is 4.68. The number of Topliss-reactive ketones (excluding diaryl/α,β-unsaturated/α-hetero) is 1. The molecule has 2 aromatic carbocycles. The van der Waals surface area contributed by atoms with Gasteiger partial charge in [0.05, 0.1) is 5.56 Å². The third kappa shape index (κ3) is 4.36. The Morgan fingerprint density at radius 1 is 0.852 bits per heavy atom. The lowest BCUT2D eigenvalue weighted by atomic mass is 10.1. The number of carbonyl (C=O) groups excluding carboxylic acids is 2. The number of carbonyl (C=O) groups is 2. The van der Waals surface area contributed by atoms with Gasteiger partial charge in [0.15, 0.2) is 23.2 Å². The van der Waals surface area contributed by atoms with Gasteiger partial charge in [0.1, 0.15) is 0 Å². The van der Waals surface area contributed by atoms with E-state index in [0.717, 1.165) is 12.1 Å². The van der Waals surface area contributed by atoms with Crippen LogP contribution in [0, 0.1) is 17.5 Å². The maximum atomic E-state index is 13.8. The summed E-state index contributed by atoms with van der Waals surface area (Å²) >= 11 is 0. The minimum Gasteiger partial charge on any atom is -0.336 e. The number of halogens is 3. The van der Waals surface area contributed by atoms with Crippen LogP contribution in [0.15, 0.2) is 42.5 Å². The van der Waals surface area contributed by atoms with E-state index < -0.39 is 28.9 Å². The van der Waals surface area contributed by atoms with Gasteiger partial charge < -0.3 is 4.90 Å². The highest BCUT2D eigenvalue weighted by molar-refractivity contribution is 5.96. The lowest BCUT2D eigenvalue weighted by molar-refractivity contribution is 0.0622. The molecule has 1 aliphatic rings. The summed E-state index contributed by atoms with van der Waals surface area (Å²) in [6.07, 6.45) is 0.371. The third-order valence-electron chi connectivity index (χ3n) is 4.68. The maximum Gasteiger partial charge on any atom is 0.257 e. The number of piperazine rings is 1. The highest BCUT2D eigenvalue weighted by atomic mass is 19.2. The summed E-state index contributed by atoms with van der Waals surface area (Å²) in [4.78, 5) is 28.0. The van der Waals surface area contributed by atoms with E-state index in [4.69, 9.17) is 0 Å². The second kappa shape index (κ2) is 8.35. The molecule has 3 rings (SSSR count). The Bertz CT molecular complexity index is 835. The normalized spacial score (nSPS) is 15.0. The molecule has 0 unspecified atom stereocenters. The largest absolute Gasteiger partial charge is 0.336 e. The van der Waals surface area contributed by atoms with Gasteiger partial charge in [0.25, 0.3) is 5.91 Å². The van der Waals surface area contributed by atoms with E-state index in [1.807, 2.05) is 23.1 Å². The van der Waals surface area contributed by atoms with Crippen molar-refractivity contribution in [2.24, 2.45) is 0 Å². The van der Waals surface area contributed by atoms with Crippen molar-refractivity contribution in [1.29, 1.82) is 0 Å². The molecule has 0 aliphatic carbocycles. The second-order valence-electron chi connectivity index (χ2n) is 6.40. The quantitative estimate of drug-likeness (QED) is 0.595. The van der Waals surface area contributed by atoms with Crippen LogP contribution in [-0.4, -0.2) is 54.2 Å². The van der Waals surface area contributed by atoms with E-state index >= 15 is 0 Å². The van der Waals surface area contributed by atoms with E-state index in [1.165, 1.54) is 4.90 Å². The Morgan fingerprint density at radius 3 is 2.19 bits per heavy atom. The fourth-order valence-corrected chi connectivity index (χ4v) is 3.06. The lowest BCUT2D eigenvalue weighted by Crippen LogP contribution is -2.49. The van der Waals surface area contributed by atoms with Gasteiger partial charge in [-0.15, -0.1) is 0 Å². The molecule has 0 aromatic heterocycles. The van der Waals surface area contributed by atoms with Crippen LogP contribution >= 0.6 is 0 Å². The van der Waals surface area contributed by atoms with Crippen LogP contribution in [0.25, 0.3) is 0 Å². The molecule has 142 valence electrons. The van der Waals surface area contributed by atoms with Gasteiger partial charge in [-0.2, -0.15) is 0 Å². The van der Waals surface area contributed by atoms with E-state index in [9.17, 15) is 22.8 Å². The molecule has 1 aliphatic heterocycles. The van der Waals surface area contributed by atoms with Gasteiger partial charge in [-0.05, 0) is 12.1 Å². The monoisotopic (exact) mass is 376 g/mol. The summed E-state index contributed by atoms with van der Waals surface area (Å²) in [5, 5.41) is 0. The summed E-state index contributed by atoms with van der Waals surface area (Å²) in [5.41, 5.74) is 0.196. The van der Waals surface area contributed by atoms with Gasteiger partial charge in [-0.1, -0.05) is 30.3 Å². The maximum absolute atomic E-state index is 13.8. The zero-order chi connectivity index (χ0) is 19.4. The zero-order valence-corrected chi connectivity index (χ0v) is 14.6. The first kappa shape index (κ1) is 19.1. The Morgan fingerprint density at radius 2 is 1.52 bits per heavy atom. The van der Waals surface area contributed by atoms with E-state index in [0.29, 0.717) is 44.7 Å². The highest BCUT2D eigenvalue weighted by Gasteiger charge is 2.26. The number of nitrogens with zero attached hydrogens (tertiary/aromatic N) is 2. The Labute approximate surface area is 155 Å². The summed E-state index contributed by atoms with van der Waals surface area (Å²) < 4.78 is 40.2. The molecule has 2 aromatic rings. The fraction of sp³-hybridized carbons (Fsp3) is 0.300.